The SMILES string of the molecule is CCCC1OC(C)C(=NOC(=O)NC)S1. The van der Waals surface area contributed by atoms with E-state index in [4.69, 9.17) is 4.74 Å². The number of nitrogens with one attached hydrogen (secondary N) is 1. The van der Waals surface area contributed by atoms with Crippen LogP contribution in [0.4, 0.5) is 4.79 Å². The summed E-state index contributed by atoms with van der Waals surface area (Å²) in [6.07, 6.45) is 1.40. The number of nitrogens with zero attached hydrogens (tertiary/aromatic N) is 1. The minimum atomic E-state index is -0.561. The Morgan fingerprint density at radius 2 is 2.47 bits per heavy atom. The number of hydrogen-bond donors (Lipinski definition) is 1. The van der Waals surface area contributed by atoms with Gasteiger partial charge in [0.1, 0.15) is 16.6 Å². The van der Waals surface area contributed by atoms with Gasteiger partial charge in [0.05, 0.1) is 0 Å². The van der Waals surface area contributed by atoms with Gasteiger partial charge < -0.3 is 10.1 Å². The van der Waals surface area contributed by atoms with Crippen molar-refractivity contribution < 1.29 is 14.4 Å². The fourth-order valence-corrected chi connectivity index (χ4v) is 2.31. The predicted molar refractivity (Wildman–Crippen MR) is 59.8 cm³/mol. The Kier molecular flexibility index (Phi) is 4.90. The molecule has 1 aliphatic rings. The topological polar surface area (TPSA) is 59.9 Å². The first-order chi connectivity index (χ1) is 7.17. The van der Waals surface area contributed by atoms with Crippen LogP contribution in [0.25, 0.3) is 0 Å². The van der Waals surface area contributed by atoms with Crippen molar-refractivity contribution >= 4 is 22.9 Å². The van der Waals surface area contributed by atoms with Crippen molar-refractivity contribution in [2.24, 2.45) is 5.16 Å². The van der Waals surface area contributed by atoms with Crippen molar-refractivity contribution in [2.75, 3.05) is 7.05 Å². The molecule has 0 bridgehead atoms. The van der Waals surface area contributed by atoms with E-state index in [0.29, 0.717) is 0 Å². The summed E-state index contributed by atoms with van der Waals surface area (Å²) < 4.78 is 5.60. The summed E-state index contributed by atoms with van der Waals surface area (Å²) in [5.74, 6) is 0. The molecule has 15 heavy (non-hydrogen) atoms. The number of ether oxygens (including phenoxy) is 1. The fraction of sp³-hybridized carbons (Fsp3) is 0.778. The maximum absolute atomic E-state index is 10.8. The Morgan fingerprint density at radius 1 is 1.73 bits per heavy atom. The monoisotopic (exact) mass is 232 g/mol. The second-order valence-electron chi connectivity index (χ2n) is 3.17. The van der Waals surface area contributed by atoms with Gasteiger partial charge in [-0.1, -0.05) is 30.3 Å². The highest BCUT2D eigenvalue weighted by Crippen LogP contribution is 2.30. The van der Waals surface area contributed by atoms with E-state index in [0.717, 1.165) is 17.9 Å². The lowest BCUT2D eigenvalue weighted by atomic mass is 10.3. The summed E-state index contributed by atoms with van der Waals surface area (Å²) in [6.45, 7) is 4.00. The van der Waals surface area contributed by atoms with E-state index in [1.165, 1.54) is 18.8 Å². The molecule has 1 fully saturated rings. The van der Waals surface area contributed by atoms with Crippen molar-refractivity contribution in [1.29, 1.82) is 0 Å². The van der Waals surface area contributed by atoms with E-state index >= 15 is 0 Å². The maximum atomic E-state index is 10.8. The molecule has 1 rings (SSSR count). The Balaban J connectivity index is 2.45. The highest BCUT2D eigenvalue weighted by atomic mass is 32.2. The zero-order chi connectivity index (χ0) is 11.3. The van der Waals surface area contributed by atoms with Crippen molar-refractivity contribution in [3.8, 4) is 0 Å². The average Bonchev–Trinajstić information content (AvgIpc) is 2.56. The van der Waals surface area contributed by atoms with Gasteiger partial charge in [0.2, 0.25) is 0 Å². The van der Waals surface area contributed by atoms with Gasteiger partial charge in [-0.2, -0.15) is 0 Å². The molecule has 6 heteroatoms. The molecule has 0 saturated carbocycles. The summed E-state index contributed by atoms with van der Waals surface area (Å²) in [4.78, 5) is 15.4. The molecule has 1 N–H and O–H groups in total. The average molecular weight is 232 g/mol. The molecule has 2 atom stereocenters. The van der Waals surface area contributed by atoms with Gasteiger partial charge in [0, 0.05) is 7.05 Å². The van der Waals surface area contributed by atoms with Crippen LogP contribution in [0.1, 0.15) is 26.7 Å². The molecular weight excluding hydrogens is 216 g/mol. The molecular formula is C9H16N2O3S. The fourth-order valence-electron chi connectivity index (χ4n) is 1.13. The molecule has 86 valence electrons. The van der Waals surface area contributed by atoms with Crippen LogP contribution in [0.2, 0.25) is 0 Å². The van der Waals surface area contributed by atoms with Gasteiger partial charge in [0.25, 0.3) is 0 Å². The normalized spacial score (nSPS) is 28.1. The highest BCUT2D eigenvalue weighted by Gasteiger charge is 2.29. The quantitative estimate of drug-likeness (QED) is 0.596. The number of hydrogen-bond acceptors (Lipinski definition) is 5. The third kappa shape index (κ3) is 3.71. The number of carbonyl (C=O) groups is 1. The zero-order valence-corrected chi connectivity index (χ0v) is 9.97. The van der Waals surface area contributed by atoms with Gasteiger partial charge >= 0.3 is 6.09 Å². The molecule has 0 spiro atoms. The maximum Gasteiger partial charge on any atom is 0.433 e. The molecule has 1 heterocycles. The summed E-state index contributed by atoms with van der Waals surface area (Å²) in [5.41, 5.74) is 0.136. The number of carbonyl (C=O) groups excluding carboxylic acids is 1. The third-order valence-corrected chi connectivity index (χ3v) is 3.16. The summed E-state index contributed by atoms with van der Waals surface area (Å²) in [7, 11) is 1.49. The Labute approximate surface area is 93.6 Å². The van der Waals surface area contributed by atoms with Gasteiger partial charge in [0.15, 0.2) is 0 Å². The van der Waals surface area contributed by atoms with Crippen LogP contribution in [0.15, 0.2) is 5.16 Å². The zero-order valence-electron chi connectivity index (χ0n) is 9.15. The van der Waals surface area contributed by atoms with Crippen LogP contribution in [-0.2, 0) is 9.57 Å². The van der Waals surface area contributed by atoms with Crippen molar-refractivity contribution in [1.82, 2.24) is 5.32 Å². The van der Waals surface area contributed by atoms with Crippen LogP contribution in [0.5, 0.6) is 0 Å². The van der Waals surface area contributed by atoms with E-state index in [-0.39, 0.29) is 11.5 Å². The van der Waals surface area contributed by atoms with Crippen molar-refractivity contribution in [2.45, 2.75) is 38.2 Å². The minimum Gasteiger partial charge on any atom is -0.357 e. The number of rotatable bonds is 3. The van der Waals surface area contributed by atoms with Crippen molar-refractivity contribution in [3.63, 3.8) is 0 Å². The first-order valence-corrected chi connectivity index (χ1v) is 5.84. The summed E-state index contributed by atoms with van der Waals surface area (Å²) in [5, 5.41) is 6.79. The van der Waals surface area contributed by atoms with E-state index in [1.54, 1.807) is 0 Å². The standard InChI is InChI=1S/C9H16N2O3S/c1-4-5-7-13-6(2)8(15-7)11-14-9(12)10-3/h6-7H,4-5H2,1-3H3,(H,10,12). The van der Waals surface area contributed by atoms with E-state index < -0.39 is 6.09 Å². The Morgan fingerprint density at radius 3 is 3.07 bits per heavy atom. The largest absolute Gasteiger partial charge is 0.433 e. The molecule has 5 nitrogen and oxygen atoms in total. The first-order valence-electron chi connectivity index (χ1n) is 4.96. The van der Waals surface area contributed by atoms with Crippen LogP contribution in [0.3, 0.4) is 0 Å². The molecule has 0 aromatic heterocycles. The minimum absolute atomic E-state index is 0.0868. The molecule has 1 saturated heterocycles. The molecule has 1 aliphatic heterocycles. The Bertz CT molecular complexity index is 258. The molecule has 0 radical (unpaired) electrons. The van der Waals surface area contributed by atoms with Gasteiger partial charge in [-0.05, 0) is 13.3 Å². The smallest absolute Gasteiger partial charge is 0.357 e. The Hall–Kier alpha value is -0.750. The van der Waals surface area contributed by atoms with Crippen molar-refractivity contribution in [3.05, 3.63) is 0 Å². The third-order valence-electron chi connectivity index (χ3n) is 1.90. The second-order valence-corrected chi connectivity index (χ2v) is 4.35. The summed E-state index contributed by atoms with van der Waals surface area (Å²) >= 11 is 1.52. The number of amides is 1. The lowest BCUT2D eigenvalue weighted by Crippen LogP contribution is -2.18. The van der Waals surface area contributed by atoms with Gasteiger partial charge in [-0.15, -0.1) is 0 Å². The predicted octanol–water partition coefficient (Wildman–Crippen LogP) is 1.93. The van der Waals surface area contributed by atoms with Crippen LogP contribution in [-0.4, -0.2) is 29.7 Å². The molecule has 2 unspecified atom stereocenters. The van der Waals surface area contributed by atoms with E-state index in [2.05, 4.69) is 22.2 Å². The van der Waals surface area contributed by atoms with Crippen LogP contribution >= 0.6 is 11.8 Å². The number of thioether (sulfide) groups is 1. The number of oxime groups is 1. The molecule has 0 aromatic rings. The van der Waals surface area contributed by atoms with E-state index in [1.807, 2.05) is 6.92 Å². The van der Waals surface area contributed by atoms with Crippen LogP contribution in [0, 0.1) is 0 Å². The lowest BCUT2D eigenvalue weighted by molar-refractivity contribution is 0.0921. The molecule has 1 amide bonds. The van der Waals surface area contributed by atoms with Crippen LogP contribution < -0.4 is 5.32 Å². The highest BCUT2D eigenvalue weighted by molar-refractivity contribution is 8.14. The molecule has 0 aromatic carbocycles. The first kappa shape index (κ1) is 12.3. The van der Waals surface area contributed by atoms with E-state index in [9.17, 15) is 4.79 Å². The molecule has 0 aliphatic carbocycles. The van der Waals surface area contributed by atoms with Gasteiger partial charge in [-0.3, -0.25) is 4.84 Å². The van der Waals surface area contributed by atoms with Gasteiger partial charge in [-0.25, -0.2) is 4.79 Å². The lowest BCUT2D eigenvalue weighted by Gasteiger charge is -2.05. The second kappa shape index (κ2) is 5.97. The summed E-state index contributed by atoms with van der Waals surface area (Å²) in [6, 6.07) is 0.